The molecule has 0 atom stereocenters. The summed E-state index contributed by atoms with van der Waals surface area (Å²) in [5, 5.41) is 12.2. The van der Waals surface area contributed by atoms with Crippen molar-refractivity contribution in [1.29, 1.82) is 5.26 Å². The van der Waals surface area contributed by atoms with Crippen LogP contribution in [-0.2, 0) is 6.54 Å². The van der Waals surface area contributed by atoms with Crippen molar-refractivity contribution in [1.82, 2.24) is 9.88 Å². The van der Waals surface area contributed by atoms with Crippen molar-refractivity contribution in [3.05, 3.63) is 77.1 Å². The van der Waals surface area contributed by atoms with Crippen molar-refractivity contribution in [3.63, 3.8) is 0 Å². The Hall–Kier alpha value is -3.33. The molecule has 3 aromatic rings. The van der Waals surface area contributed by atoms with E-state index in [0.29, 0.717) is 11.6 Å². The average Bonchev–Trinajstić information content (AvgIpc) is 3.21. The minimum atomic E-state index is -0.407. The Morgan fingerprint density at radius 3 is 2.58 bits per heavy atom. The molecule has 0 saturated heterocycles. The van der Waals surface area contributed by atoms with Crippen molar-refractivity contribution in [2.75, 3.05) is 0 Å². The molecule has 3 rings (SSSR count). The van der Waals surface area contributed by atoms with Gasteiger partial charge >= 0.3 is 0 Å². The second kappa shape index (κ2) is 6.42. The minimum Gasteiger partial charge on any atom is -0.443 e. The summed E-state index contributed by atoms with van der Waals surface area (Å²) in [7, 11) is 0. The largest absolute Gasteiger partial charge is 0.443 e. The molecule has 2 aromatic heterocycles. The van der Waals surface area contributed by atoms with Gasteiger partial charge in [0.25, 0.3) is 5.91 Å². The molecule has 120 valence electrons. The van der Waals surface area contributed by atoms with Gasteiger partial charge in [0.05, 0.1) is 0 Å². The van der Waals surface area contributed by atoms with Crippen LogP contribution in [0, 0.1) is 24.1 Å². The van der Waals surface area contributed by atoms with Gasteiger partial charge in [-0.2, -0.15) is 5.26 Å². The first kappa shape index (κ1) is 15.6. The van der Waals surface area contributed by atoms with E-state index in [0.717, 1.165) is 5.56 Å². The van der Waals surface area contributed by atoms with Crippen molar-refractivity contribution in [3.8, 4) is 12.0 Å². The number of carbonyl (C=O) groups excluding carboxylic acids is 1. The van der Waals surface area contributed by atoms with E-state index in [9.17, 15) is 14.4 Å². The molecule has 0 aliphatic rings. The molecule has 0 saturated carbocycles. The molecule has 6 heteroatoms. The molecule has 0 radical (unpaired) electrons. The van der Waals surface area contributed by atoms with Crippen molar-refractivity contribution >= 4 is 5.91 Å². The van der Waals surface area contributed by atoms with Gasteiger partial charge in [-0.15, -0.1) is 0 Å². The Kier molecular flexibility index (Phi) is 4.17. The number of hydrogen-bond donors (Lipinski definition) is 1. The number of aryl methyl sites for hydroxylation is 1. The van der Waals surface area contributed by atoms with Crippen LogP contribution < -0.4 is 5.32 Å². The topological polar surface area (TPSA) is 71.0 Å². The fourth-order valence-electron chi connectivity index (χ4n) is 2.43. The summed E-state index contributed by atoms with van der Waals surface area (Å²) >= 11 is 0. The van der Waals surface area contributed by atoms with Gasteiger partial charge in [0, 0.05) is 18.9 Å². The molecule has 1 aromatic carbocycles. The van der Waals surface area contributed by atoms with Gasteiger partial charge in [-0.3, -0.25) is 9.36 Å². The number of nitrogens with one attached hydrogen (secondary N) is 1. The molecule has 0 bridgehead atoms. The van der Waals surface area contributed by atoms with Gasteiger partial charge in [-0.1, -0.05) is 12.1 Å². The molecule has 5 nitrogen and oxygen atoms in total. The number of benzene rings is 1. The van der Waals surface area contributed by atoms with E-state index < -0.39 is 5.91 Å². The fraction of sp³-hybridized carbons (Fsp3) is 0.111. The van der Waals surface area contributed by atoms with E-state index >= 15 is 0 Å². The number of carbonyl (C=O) groups is 1. The lowest BCUT2D eigenvalue weighted by molar-refractivity contribution is 0.0949. The maximum atomic E-state index is 12.9. The minimum absolute atomic E-state index is 0.181. The monoisotopic (exact) mass is 323 g/mol. The normalized spacial score (nSPS) is 10.4. The van der Waals surface area contributed by atoms with Crippen LogP contribution in [0.15, 0.2) is 53.2 Å². The van der Waals surface area contributed by atoms with Gasteiger partial charge in [0.1, 0.15) is 28.8 Å². The summed E-state index contributed by atoms with van der Waals surface area (Å²) in [4.78, 5) is 12.5. The SMILES string of the molecule is Cc1oc(-n2cccc2)c(C#N)c1C(=O)NCc1ccc(F)cc1. The summed E-state index contributed by atoms with van der Waals surface area (Å²) in [6.07, 6.45) is 3.47. The van der Waals surface area contributed by atoms with Crippen LogP contribution in [0.5, 0.6) is 0 Å². The van der Waals surface area contributed by atoms with Gasteiger partial charge in [0.2, 0.25) is 5.88 Å². The van der Waals surface area contributed by atoms with Crippen LogP contribution in [0.4, 0.5) is 4.39 Å². The van der Waals surface area contributed by atoms with Crippen LogP contribution in [0.25, 0.3) is 5.88 Å². The van der Waals surface area contributed by atoms with Gasteiger partial charge in [0.15, 0.2) is 0 Å². The van der Waals surface area contributed by atoms with Crippen molar-refractivity contribution in [2.24, 2.45) is 0 Å². The molecule has 24 heavy (non-hydrogen) atoms. The van der Waals surface area contributed by atoms with Gasteiger partial charge in [-0.05, 0) is 36.8 Å². The Morgan fingerprint density at radius 2 is 1.96 bits per heavy atom. The Morgan fingerprint density at radius 1 is 1.29 bits per heavy atom. The molecule has 0 unspecified atom stereocenters. The van der Waals surface area contributed by atoms with Gasteiger partial charge < -0.3 is 9.73 Å². The first-order chi connectivity index (χ1) is 11.6. The third kappa shape index (κ3) is 2.92. The molecular formula is C18H14FN3O2. The molecule has 0 aliphatic carbocycles. The Balaban J connectivity index is 1.85. The quantitative estimate of drug-likeness (QED) is 0.800. The molecule has 0 fully saturated rings. The number of nitrogens with zero attached hydrogens (tertiary/aromatic N) is 2. The number of hydrogen-bond acceptors (Lipinski definition) is 3. The predicted octanol–water partition coefficient (Wildman–Crippen LogP) is 3.32. The summed E-state index contributed by atoms with van der Waals surface area (Å²) < 4.78 is 20.1. The highest BCUT2D eigenvalue weighted by molar-refractivity contribution is 5.98. The average molecular weight is 323 g/mol. The number of halogens is 1. The first-order valence-electron chi connectivity index (χ1n) is 7.29. The highest BCUT2D eigenvalue weighted by Gasteiger charge is 2.24. The summed E-state index contributed by atoms with van der Waals surface area (Å²) in [5.41, 5.74) is 1.15. The highest BCUT2D eigenvalue weighted by atomic mass is 19.1. The van der Waals surface area contributed by atoms with Crippen LogP contribution in [-0.4, -0.2) is 10.5 Å². The summed E-state index contributed by atoms with van der Waals surface area (Å²) in [6.45, 7) is 1.87. The van der Waals surface area contributed by atoms with Crippen LogP contribution in [0.2, 0.25) is 0 Å². The lowest BCUT2D eigenvalue weighted by Gasteiger charge is -2.05. The lowest BCUT2D eigenvalue weighted by Crippen LogP contribution is -2.24. The zero-order chi connectivity index (χ0) is 17.1. The van der Waals surface area contributed by atoms with E-state index in [1.807, 2.05) is 6.07 Å². The summed E-state index contributed by atoms with van der Waals surface area (Å²) in [5.74, 6) is -0.0618. The smallest absolute Gasteiger partial charge is 0.256 e. The van der Waals surface area contributed by atoms with E-state index in [4.69, 9.17) is 4.42 Å². The summed E-state index contributed by atoms with van der Waals surface area (Å²) in [6, 6.07) is 11.5. The maximum absolute atomic E-state index is 12.9. The number of amides is 1. The zero-order valence-corrected chi connectivity index (χ0v) is 12.9. The van der Waals surface area contributed by atoms with Crippen LogP contribution >= 0.6 is 0 Å². The second-order valence-electron chi connectivity index (χ2n) is 5.22. The van der Waals surface area contributed by atoms with E-state index in [1.54, 1.807) is 48.1 Å². The standard InChI is InChI=1S/C18H14FN3O2/c1-12-16(15(10-20)18(24-12)22-8-2-3-9-22)17(23)21-11-13-4-6-14(19)7-5-13/h2-9H,11H2,1H3,(H,21,23). The molecule has 0 aliphatic heterocycles. The third-order valence-electron chi connectivity index (χ3n) is 3.61. The maximum Gasteiger partial charge on any atom is 0.256 e. The fourth-order valence-corrected chi connectivity index (χ4v) is 2.43. The zero-order valence-electron chi connectivity index (χ0n) is 12.9. The first-order valence-corrected chi connectivity index (χ1v) is 7.29. The Bertz CT molecular complexity index is 903. The van der Waals surface area contributed by atoms with Gasteiger partial charge in [-0.25, -0.2) is 4.39 Å². The molecule has 1 amide bonds. The van der Waals surface area contributed by atoms with Crippen LogP contribution in [0.1, 0.15) is 27.2 Å². The van der Waals surface area contributed by atoms with Crippen molar-refractivity contribution < 1.29 is 13.6 Å². The molecule has 2 heterocycles. The number of aromatic nitrogens is 1. The van der Waals surface area contributed by atoms with Crippen molar-refractivity contribution in [2.45, 2.75) is 13.5 Å². The number of rotatable bonds is 4. The lowest BCUT2D eigenvalue weighted by atomic mass is 10.1. The van der Waals surface area contributed by atoms with E-state index in [-0.39, 0.29) is 23.5 Å². The number of nitriles is 1. The molecule has 1 N–H and O–H groups in total. The Labute approximate surface area is 137 Å². The number of furan rings is 1. The second-order valence-corrected chi connectivity index (χ2v) is 5.22. The van der Waals surface area contributed by atoms with E-state index in [2.05, 4.69) is 5.32 Å². The van der Waals surface area contributed by atoms with Crippen LogP contribution in [0.3, 0.4) is 0 Å². The molecule has 0 spiro atoms. The van der Waals surface area contributed by atoms with E-state index in [1.165, 1.54) is 12.1 Å². The molecular weight excluding hydrogens is 309 g/mol. The predicted molar refractivity (Wildman–Crippen MR) is 85.1 cm³/mol. The third-order valence-corrected chi connectivity index (χ3v) is 3.61. The highest BCUT2D eigenvalue weighted by Crippen LogP contribution is 2.25.